The maximum atomic E-state index is 11.8. The monoisotopic (exact) mass is 263 g/mol. The molecule has 0 bridgehead atoms. The maximum absolute atomic E-state index is 11.8. The summed E-state index contributed by atoms with van der Waals surface area (Å²) < 4.78 is 5.05. The normalized spacial score (nSPS) is 13.2. The number of carbonyl (C=O) groups excluding carboxylic acids is 1. The van der Waals surface area contributed by atoms with Gasteiger partial charge in [0.05, 0.1) is 6.10 Å². The quantitative estimate of drug-likeness (QED) is 0.354. The molecule has 19 heavy (non-hydrogen) atoms. The van der Waals surface area contributed by atoms with Crippen molar-refractivity contribution in [2.75, 3.05) is 0 Å². The van der Waals surface area contributed by atoms with Crippen LogP contribution in [-0.2, 0) is 16.1 Å². The van der Waals surface area contributed by atoms with Gasteiger partial charge in [0.2, 0.25) is 0 Å². The van der Waals surface area contributed by atoms with Gasteiger partial charge >= 0.3 is 5.97 Å². The number of hydrogen-bond donors (Lipinski definition) is 1. The summed E-state index contributed by atoms with van der Waals surface area (Å²) in [5.41, 5.74) is 9.26. The molecule has 0 saturated heterocycles. The highest BCUT2D eigenvalue weighted by Crippen LogP contribution is 2.10. The lowest BCUT2D eigenvalue weighted by Gasteiger charge is -2.16. The summed E-state index contributed by atoms with van der Waals surface area (Å²) in [6.45, 7) is 1.96. The molecular formula is C13H17N3O3. The molecule has 0 spiro atoms. The molecule has 0 heterocycles. The average Bonchev–Trinajstić information content (AvgIpc) is 2.43. The second-order valence-corrected chi connectivity index (χ2v) is 4.10. The highest BCUT2D eigenvalue weighted by atomic mass is 16.5. The van der Waals surface area contributed by atoms with E-state index in [0.717, 1.165) is 5.56 Å². The Morgan fingerprint density at radius 2 is 2.16 bits per heavy atom. The van der Waals surface area contributed by atoms with Gasteiger partial charge in [0, 0.05) is 4.91 Å². The minimum absolute atomic E-state index is 0.0932. The Labute approximate surface area is 111 Å². The molecule has 1 rings (SSSR count). The van der Waals surface area contributed by atoms with Gasteiger partial charge in [-0.3, -0.25) is 4.79 Å². The summed E-state index contributed by atoms with van der Waals surface area (Å²) >= 11 is 0. The van der Waals surface area contributed by atoms with Gasteiger partial charge in [-0.15, -0.1) is 0 Å². The van der Waals surface area contributed by atoms with E-state index in [4.69, 9.17) is 10.3 Å². The lowest BCUT2D eigenvalue weighted by molar-refractivity contribution is -0.149. The molecule has 102 valence electrons. The van der Waals surface area contributed by atoms with E-state index >= 15 is 0 Å². The van der Waals surface area contributed by atoms with Crippen molar-refractivity contribution in [2.24, 2.45) is 5.11 Å². The fourth-order valence-electron chi connectivity index (χ4n) is 1.60. The number of rotatable bonds is 7. The second kappa shape index (κ2) is 8.13. The fourth-order valence-corrected chi connectivity index (χ4v) is 1.60. The number of aliphatic hydroxyl groups is 1. The van der Waals surface area contributed by atoms with Gasteiger partial charge in [0.25, 0.3) is 0 Å². The van der Waals surface area contributed by atoms with Crippen molar-refractivity contribution in [1.82, 2.24) is 0 Å². The number of carbonyl (C=O) groups is 1. The Balaban J connectivity index is 2.60. The highest BCUT2D eigenvalue weighted by Gasteiger charge is 2.26. The Bertz CT molecular complexity index is 444. The summed E-state index contributed by atoms with van der Waals surface area (Å²) in [4.78, 5) is 14.4. The van der Waals surface area contributed by atoms with Crippen LogP contribution < -0.4 is 0 Å². The van der Waals surface area contributed by atoms with Crippen LogP contribution in [0.1, 0.15) is 25.3 Å². The summed E-state index contributed by atoms with van der Waals surface area (Å²) in [5.74, 6) is -0.706. The molecule has 0 amide bonds. The molecule has 0 fully saturated rings. The van der Waals surface area contributed by atoms with Gasteiger partial charge in [-0.05, 0) is 17.5 Å². The fraction of sp³-hybridized carbons (Fsp3) is 0.462. The number of nitrogens with zero attached hydrogens (tertiary/aromatic N) is 3. The summed E-state index contributed by atoms with van der Waals surface area (Å²) in [6, 6.07) is 7.98. The van der Waals surface area contributed by atoms with Crippen LogP contribution in [0.5, 0.6) is 0 Å². The average molecular weight is 263 g/mol. The van der Waals surface area contributed by atoms with Crippen LogP contribution in [0.3, 0.4) is 0 Å². The van der Waals surface area contributed by atoms with Gasteiger partial charge in [0.15, 0.2) is 6.04 Å². The minimum Gasteiger partial charge on any atom is -0.460 e. The van der Waals surface area contributed by atoms with Crippen molar-refractivity contribution in [2.45, 2.75) is 38.5 Å². The second-order valence-electron chi connectivity index (χ2n) is 4.10. The van der Waals surface area contributed by atoms with E-state index in [1.165, 1.54) is 0 Å². The minimum atomic E-state index is -1.19. The van der Waals surface area contributed by atoms with Crippen molar-refractivity contribution in [3.8, 4) is 0 Å². The molecule has 0 aromatic heterocycles. The van der Waals surface area contributed by atoms with E-state index in [1.54, 1.807) is 0 Å². The number of benzene rings is 1. The molecule has 1 aromatic carbocycles. The number of azide groups is 1. The third-order valence-electron chi connectivity index (χ3n) is 2.59. The van der Waals surface area contributed by atoms with Crippen LogP contribution in [0.25, 0.3) is 10.4 Å². The standard InChI is InChI=1S/C13H17N3O3/c1-2-6-11(17)12(15-16-14)13(18)19-9-10-7-4-3-5-8-10/h3-5,7-8,11-12,17H,2,6,9H2,1H3/t11-,12-/m0/s1. The van der Waals surface area contributed by atoms with Gasteiger partial charge in [-0.25, -0.2) is 0 Å². The summed E-state index contributed by atoms with van der Waals surface area (Å²) in [5, 5.41) is 13.1. The van der Waals surface area contributed by atoms with Crippen LogP contribution in [-0.4, -0.2) is 23.2 Å². The Morgan fingerprint density at radius 1 is 1.47 bits per heavy atom. The Morgan fingerprint density at radius 3 is 2.74 bits per heavy atom. The van der Waals surface area contributed by atoms with E-state index in [1.807, 2.05) is 37.3 Å². The van der Waals surface area contributed by atoms with Gasteiger partial charge in [-0.2, -0.15) is 0 Å². The first-order chi connectivity index (χ1) is 9.19. The predicted octanol–water partition coefficient (Wildman–Crippen LogP) is 2.57. The molecule has 0 saturated carbocycles. The number of hydrogen-bond acceptors (Lipinski definition) is 4. The van der Waals surface area contributed by atoms with Crippen molar-refractivity contribution < 1.29 is 14.6 Å². The van der Waals surface area contributed by atoms with Gasteiger partial charge < -0.3 is 9.84 Å². The van der Waals surface area contributed by atoms with E-state index in [0.29, 0.717) is 12.8 Å². The van der Waals surface area contributed by atoms with Gasteiger partial charge in [-0.1, -0.05) is 48.8 Å². The maximum Gasteiger partial charge on any atom is 0.317 e. The Kier molecular flexibility index (Phi) is 6.43. The van der Waals surface area contributed by atoms with E-state index in [2.05, 4.69) is 10.0 Å². The first-order valence-corrected chi connectivity index (χ1v) is 6.11. The Hall–Kier alpha value is -2.04. The zero-order valence-corrected chi connectivity index (χ0v) is 10.8. The molecule has 2 atom stereocenters. The number of esters is 1. The third-order valence-corrected chi connectivity index (χ3v) is 2.59. The molecule has 0 unspecified atom stereocenters. The van der Waals surface area contributed by atoms with Crippen LogP contribution in [0.4, 0.5) is 0 Å². The molecule has 0 radical (unpaired) electrons. The van der Waals surface area contributed by atoms with Crippen molar-refractivity contribution in [3.63, 3.8) is 0 Å². The zero-order valence-electron chi connectivity index (χ0n) is 10.8. The van der Waals surface area contributed by atoms with Crippen molar-refractivity contribution >= 4 is 5.97 Å². The van der Waals surface area contributed by atoms with Crippen LogP contribution in [0.2, 0.25) is 0 Å². The molecule has 6 heteroatoms. The van der Waals surface area contributed by atoms with Crippen LogP contribution in [0.15, 0.2) is 35.4 Å². The molecule has 0 aliphatic carbocycles. The molecule has 1 N–H and O–H groups in total. The van der Waals surface area contributed by atoms with Crippen LogP contribution >= 0.6 is 0 Å². The lowest BCUT2D eigenvalue weighted by Crippen LogP contribution is -2.33. The summed E-state index contributed by atoms with van der Waals surface area (Å²) in [7, 11) is 0. The van der Waals surface area contributed by atoms with Gasteiger partial charge in [0.1, 0.15) is 6.61 Å². The smallest absolute Gasteiger partial charge is 0.317 e. The number of aliphatic hydroxyl groups excluding tert-OH is 1. The van der Waals surface area contributed by atoms with Crippen molar-refractivity contribution in [3.05, 3.63) is 46.3 Å². The lowest BCUT2D eigenvalue weighted by atomic mass is 10.1. The molecule has 0 aliphatic rings. The predicted molar refractivity (Wildman–Crippen MR) is 70.1 cm³/mol. The first kappa shape index (κ1) is 15.0. The third kappa shape index (κ3) is 4.99. The number of ether oxygens (including phenoxy) is 1. The first-order valence-electron chi connectivity index (χ1n) is 6.11. The molecular weight excluding hydrogens is 246 g/mol. The van der Waals surface area contributed by atoms with Crippen LogP contribution in [0, 0.1) is 0 Å². The zero-order chi connectivity index (χ0) is 14.1. The topological polar surface area (TPSA) is 95.3 Å². The molecule has 6 nitrogen and oxygen atoms in total. The van der Waals surface area contributed by atoms with E-state index in [9.17, 15) is 9.90 Å². The highest BCUT2D eigenvalue weighted by molar-refractivity contribution is 5.76. The molecule has 0 aliphatic heterocycles. The molecule has 1 aromatic rings. The van der Waals surface area contributed by atoms with Crippen molar-refractivity contribution in [1.29, 1.82) is 0 Å². The van der Waals surface area contributed by atoms with E-state index in [-0.39, 0.29) is 6.61 Å². The SMILES string of the molecule is CCC[C@H](O)[C@H](N=[N+]=[N-])C(=O)OCc1ccccc1. The largest absolute Gasteiger partial charge is 0.460 e. The summed E-state index contributed by atoms with van der Waals surface area (Å²) in [6.07, 6.45) is 0.0542. The van der Waals surface area contributed by atoms with E-state index < -0.39 is 18.1 Å².